The van der Waals surface area contributed by atoms with Crippen molar-refractivity contribution in [2.24, 2.45) is 5.92 Å². The van der Waals surface area contributed by atoms with E-state index in [1.54, 1.807) is 0 Å². The Labute approximate surface area is 69.4 Å². The highest BCUT2D eigenvalue weighted by atomic mass is 16.5. The average Bonchev–Trinajstić information content (AvgIpc) is 2.26. The van der Waals surface area contributed by atoms with Gasteiger partial charge in [-0.1, -0.05) is 26.3 Å². The van der Waals surface area contributed by atoms with E-state index in [4.69, 9.17) is 4.74 Å². The molecule has 1 rings (SSSR count). The summed E-state index contributed by atoms with van der Waals surface area (Å²) in [6.07, 6.45) is 5.43. The van der Waals surface area contributed by atoms with Crippen molar-refractivity contribution < 1.29 is 4.74 Å². The van der Waals surface area contributed by atoms with E-state index in [1.807, 2.05) is 0 Å². The first-order chi connectivity index (χ1) is 5.24. The van der Waals surface area contributed by atoms with Crippen LogP contribution in [0.15, 0.2) is 12.3 Å². The van der Waals surface area contributed by atoms with Crippen LogP contribution in [0.1, 0.15) is 39.5 Å². The Morgan fingerprint density at radius 2 is 2.36 bits per heavy atom. The molecular weight excluding hydrogens is 136 g/mol. The first-order valence-corrected chi connectivity index (χ1v) is 4.59. The van der Waals surface area contributed by atoms with Crippen LogP contribution in [-0.4, -0.2) is 6.10 Å². The van der Waals surface area contributed by atoms with Gasteiger partial charge in [0.2, 0.25) is 0 Å². The van der Waals surface area contributed by atoms with Gasteiger partial charge in [0.15, 0.2) is 0 Å². The van der Waals surface area contributed by atoms with E-state index in [2.05, 4.69) is 20.4 Å². The Morgan fingerprint density at radius 3 is 2.82 bits per heavy atom. The smallest absolute Gasteiger partial charge is 0.0961 e. The van der Waals surface area contributed by atoms with Crippen molar-refractivity contribution >= 4 is 0 Å². The molecule has 0 amide bonds. The number of allylic oxidation sites excluding steroid dienone is 1. The van der Waals surface area contributed by atoms with Crippen molar-refractivity contribution in [3.05, 3.63) is 12.3 Å². The SMILES string of the molecule is C=C1OC(C)C[C@H]1CCCC. The molecule has 1 aliphatic heterocycles. The molecule has 0 radical (unpaired) electrons. The lowest BCUT2D eigenvalue weighted by Crippen LogP contribution is -1.97. The maximum Gasteiger partial charge on any atom is 0.0961 e. The summed E-state index contributed by atoms with van der Waals surface area (Å²) in [6, 6.07) is 0. The molecule has 0 N–H and O–H groups in total. The van der Waals surface area contributed by atoms with Crippen molar-refractivity contribution in [3.63, 3.8) is 0 Å². The molecule has 1 heterocycles. The molecule has 0 aromatic rings. The van der Waals surface area contributed by atoms with Crippen LogP contribution in [0.4, 0.5) is 0 Å². The number of hydrogen-bond donors (Lipinski definition) is 0. The normalized spacial score (nSPS) is 30.5. The average molecular weight is 154 g/mol. The third-order valence-corrected chi connectivity index (χ3v) is 2.33. The Kier molecular flexibility index (Phi) is 2.98. The van der Waals surface area contributed by atoms with Gasteiger partial charge in [-0.15, -0.1) is 0 Å². The van der Waals surface area contributed by atoms with Crippen LogP contribution >= 0.6 is 0 Å². The predicted molar refractivity (Wildman–Crippen MR) is 47.3 cm³/mol. The fourth-order valence-corrected chi connectivity index (χ4v) is 1.66. The van der Waals surface area contributed by atoms with Crippen LogP contribution in [0, 0.1) is 5.92 Å². The Balaban J connectivity index is 2.29. The van der Waals surface area contributed by atoms with Crippen molar-refractivity contribution in [1.82, 2.24) is 0 Å². The van der Waals surface area contributed by atoms with E-state index in [0.717, 1.165) is 5.76 Å². The highest BCUT2D eigenvalue weighted by Crippen LogP contribution is 2.31. The van der Waals surface area contributed by atoms with Gasteiger partial charge in [0.05, 0.1) is 11.9 Å². The summed E-state index contributed by atoms with van der Waals surface area (Å²) in [5.74, 6) is 1.66. The monoisotopic (exact) mass is 154 g/mol. The van der Waals surface area contributed by atoms with Crippen LogP contribution in [0.2, 0.25) is 0 Å². The molecule has 1 nitrogen and oxygen atoms in total. The highest BCUT2D eigenvalue weighted by molar-refractivity contribution is 4.97. The van der Waals surface area contributed by atoms with Crippen molar-refractivity contribution in [3.8, 4) is 0 Å². The van der Waals surface area contributed by atoms with E-state index < -0.39 is 0 Å². The molecule has 1 unspecified atom stereocenters. The molecule has 0 bridgehead atoms. The number of ether oxygens (including phenoxy) is 1. The first-order valence-electron chi connectivity index (χ1n) is 4.59. The van der Waals surface area contributed by atoms with E-state index in [1.165, 1.54) is 25.7 Å². The molecule has 2 atom stereocenters. The predicted octanol–water partition coefficient (Wildman–Crippen LogP) is 3.12. The molecule has 64 valence electrons. The third-order valence-electron chi connectivity index (χ3n) is 2.33. The molecule has 1 fully saturated rings. The molecule has 1 aliphatic rings. The van der Waals surface area contributed by atoms with Gasteiger partial charge in [-0.25, -0.2) is 0 Å². The van der Waals surface area contributed by atoms with Gasteiger partial charge in [-0.05, 0) is 19.8 Å². The maximum atomic E-state index is 5.48. The van der Waals surface area contributed by atoms with E-state index in [-0.39, 0.29) is 0 Å². The lowest BCUT2D eigenvalue weighted by atomic mass is 9.97. The number of hydrogen-bond acceptors (Lipinski definition) is 1. The van der Waals surface area contributed by atoms with E-state index in [9.17, 15) is 0 Å². The molecule has 1 saturated heterocycles. The largest absolute Gasteiger partial charge is 0.495 e. The van der Waals surface area contributed by atoms with Gasteiger partial charge in [-0.3, -0.25) is 0 Å². The Hall–Kier alpha value is -0.460. The molecule has 1 heteroatoms. The Bertz CT molecular complexity index is 140. The van der Waals surface area contributed by atoms with Gasteiger partial charge in [0.25, 0.3) is 0 Å². The molecule has 0 aromatic heterocycles. The zero-order valence-corrected chi connectivity index (χ0v) is 7.60. The van der Waals surface area contributed by atoms with Gasteiger partial charge < -0.3 is 4.74 Å². The van der Waals surface area contributed by atoms with Crippen molar-refractivity contribution in [1.29, 1.82) is 0 Å². The van der Waals surface area contributed by atoms with Gasteiger partial charge in [0, 0.05) is 5.92 Å². The second-order valence-electron chi connectivity index (χ2n) is 3.47. The highest BCUT2D eigenvalue weighted by Gasteiger charge is 2.25. The quantitative estimate of drug-likeness (QED) is 0.607. The molecule has 0 aromatic carbocycles. The summed E-state index contributed by atoms with van der Waals surface area (Å²) in [7, 11) is 0. The summed E-state index contributed by atoms with van der Waals surface area (Å²) in [5.41, 5.74) is 0. The lowest BCUT2D eigenvalue weighted by molar-refractivity contribution is 0.178. The zero-order valence-electron chi connectivity index (χ0n) is 7.60. The van der Waals surface area contributed by atoms with Crippen LogP contribution in [0.5, 0.6) is 0 Å². The third kappa shape index (κ3) is 2.25. The van der Waals surface area contributed by atoms with Crippen LogP contribution in [0.25, 0.3) is 0 Å². The van der Waals surface area contributed by atoms with Crippen molar-refractivity contribution in [2.75, 3.05) is 0 Å². The first kappa shape index (κ1) is 8.63. The van der Waals surface area contributed by atoms with Crippen LogP contribution in [-0.2, 0) is 4.74 Å². The van der Waals surface area contributed by atoms with Crippen LogP contribution < -0.4 is 0 Å². The lowest BCUT2D eigenvalue weighted by Gasteiger charge is -2.06. The molecule has 0 spiro atoms. The molecule has 0 aliphatic carbocycles. The second-order valence-corrected chi connectivity index (χ2v) is 3.47. The fraction of sp³-hybridized carbons (Fsp3) is 0.800. The van der Waals surface area contributed by atoms with Gasteiger partial charge in [0.1, 0.15) is 0 Å². The summed E-state index contributed by atoms with van der Waals surface area (Å²) in [4.78, 5) is 0. The van der Waals surface area contributed by atoms with Crippen molar-refractivity contribution in [2.45, 2.75) is 45.6 Å². The summed E-state index contributed by atoms with van der Waals surface area (Å²) >= 11 is 0. The standard InChI is InChI=1S/C10H18O/c1-4-5-6-10-7-8(2)11-9(10)3/h8,10H,3-7H2,1-2H3/t8?,10-/m1/s1. The minimum absolute atomic E-state index is 0.407. The number of rotatable bonds is 3. The van der Waals surface area contributed by atoms with Gasteiger partial charge >= 0.3 is 0 Å². The number of unbranched alkanes of at least 4 members (excludes halogenated alkanes) is 1. The molecule has 0 saturated carbocycles. The maximum absolute atomic E-state index is 5.48. The minimum Gasteiger partial charge on any atom is -0.495 e. The molecule has 11 heavy (non-hydrogen) atoms. The minimum atomic E-state index is 0.407. The summed E-state index contributed by atoms with van der Waals surface area (Å²) in [6.45, 7) is 8.26. The van der Waals surface area contributed by atoms with E-state index in [0.29, 0.717) is 12.0 Å². The zero-order chi connectivity index (χ0) is 8.27. The van der Waals surface area contributed by atoms with E-state index >= 15 is 0 Å². The Morgan fingerprint density at radius 1 is 1.64 bits per heavy atom. The topological polar surface area (TPSA) is 9.23 Å². The summed E-state index contributed by atoms with van der Waals surface area (Å²) in [5, 5.41) is 0. The fourth-order valence-electron chi connectivity index (χ4n) is 1.66. The second kappa shape index (κ2) is 3.80. The molecular formula is C10H18O. The van der Waals surface area contributed by atoms with Gasteiger partial charge in [-0.2, -0.15) is 0 Å². The summed E-state index contributed by atoms with van der Waals surface area (Å²) < 4.78 is 5.48. The van der Waals surface area contributed by atoms with Crippen LogP contribution in [0.3, 0.4) is 0 Å².